The Morgan fingerprint density at radius 3 is 2.55 bits per heavy atom. The number of benzene rings is 3. The van der Waals surface area contributed by atoms with Crippen LogP contribution >= 0.6 is 11.6 Å². The zero-order valence-electron chi connectivity index (χ0n) is 17.3. The van der Waals surface area contributed by atoms with E-state index in [9.17, 15) is 17.6 Å². The summed E-state index contributed by atoms with van der Waals surface area (Å²) in [6, 6.07) is 18.0. The number of hydrogen-bond donors (Lipinski definition) is 1. The highest BCUT2D eigenvalue weighted by Gasteiger charge is 2.29. The van der Waals surface area contributed by atoms with Gasteiger partial charge >= 0.3 is 0 Å². The van der Waals surface area contributed by atoms with Gasteiger partial charge in [-0.15, -0.1) is 0 Å². The molecule has 9 heteroatoms. The molecule has 1 fully saturated rings. The average molecular weight is 484 g/mol. The fraction of sp³-hybridized carbons (Fsp3) is 0.167. The van der Waals surface area contributed by atoms with Gasteiger partial charge in [0.15, 0.2) is 9.84 Å². The maximum absolute atomic E-state index is 13.5. The molecule has 5 rings (SSSR count). The van der Waals surface area contributed by atoms with Gasteiger partial charge in [-0.3, -0.25) is 4.79 Å². The molecule has 1 amide bonds. The first-order valence-corrected chi connectivity index (χ1v) is 12.6. The molecule has 1 saturated heterocycles. The molecule has 1 aromatic heterocycles. The lowest BCUT2D eigenvalue weighted by atomic mass is 10.1. The predicted octanol–water partition coefficient (Wildman–Crippen LogP) is 4.40. The van der Waals surface area contributed by atoms with E-state index in [1.165, 1.54) is 12.1 Å². The third-order valence-electron chi connectivity index (χ3n) is 5.71. The summed E-state index contributed by atoms with van der Waals surface area (Å²) >= 11 is 6.42. The minimum absolute atomic E-state index is 0.0504. The molecule has 0 spiro atoms. The standard InChI is InChI=1S/C24H19ClFN3O3S/c25-21-4-2-1-3-19(21)23-20-10-5-15(24(30)27-17-11-12-33(31,32)14-17)13-22(20)29(28-23)18-8-6-16(26)7-9-18/h1-10,13,17H,11-12,14H2,(H,27,30). The number of hydrogen-bond acceptors (Lipinski definition) is 4. The molecule has 0 saturated carbocycles. The largest absolute Gasteiger partial charge is 0.348 e. The normalized spacial score (nSPS) is 17.3. The minimum atomic E-state index is -3.11. The van der Waals surface area contributed by atoms with Gasteiger partial charge in [0.2, 0.25) is 0 Å². The molecule has 1 N–H and O–H groups in total. The Kier molecular flexibility index (Phi) is 5.42. The van der Waals surface area contributed by atoms with Crippen LogP contribution in [0.3, 0.4) is 0 Å². The van der Waals surface area contributed by atoms with Crippen LogP contribution < -0.4 is 5.32 Å². The summed E-state index contributed by atoms with van der Waals surface area (Å²) < 4.78 is 38.6. The van der Waals surface area contributed by atoms with Crippen molar-refractivity contribution < 1.29 is 17.6 Å². The average Bonchev–Trinajstić information content (AvgIpc) is 3.33. The zero-order valence-corrected chi connectivity index (χ0v) is 18.9. The molecule has 0 bridgehead atoms. The smallest absolute Gasteiger partial charge is 0.251 e. The van der Waals surface area contributed by atoms with E-state index in [1.807, 2.05) is 18.2 Å². The lowest BCUT2D eigenvalue weighted by Crippen LogP contribution is -2.35. The van der Waals surface area contributed by atoms with Crippen LogP contribution in [0, 0.1) is 5.82 Å². The van der Waals surface area contributed by atoms with Gasteiger partial charge in [0.05, 0.1) is 27.7 Å². The van der Waals surface area contributed by atoms with Crippen LogP contribution in [-0.4, -0.2) is 41.7 Å². The SMILES string of the molecule is O=C(NC1CCS(=O)(=O)C1)c1ccc2c(-c3ccccc3Cl)nn(-c3ccc(F)cc3)c2c1. The van der Waals surface area contributed by atoms with Crippen LogP contribution in [0.5, 0.6) is 0 Å². The maximum atomic E-state index is 13.5. The number of halogens is 2. The molecule has 2 heterocycles. The van der Waals surface area contributed by atoms with Crippen LogP contribution in [0.25, 0.3) is 27.8 Å². The fourth-order valence-electron chi connectivity index (χ4n) is 4.06. The summed E-state index contributed by atoms with van der Waals surface area (Å²) in [5.74, 6) is -0.695. The van der Waals surface area contributed by atoms with E-state index in [1.54, 1.807) is 41.1 Å². The van der Waals surface area contributed by atoms with Gasteiger partial charge in [-0.25, -0.2) is 17.5 Å². The Morgan fingerprint density at radius 1 is 1.09 bits per heavy atom. The number of carbonyl (C=O) groups is 1. The van der Waals surface area contributed by atoms with Crippen LogP contribution in [0.4, 0.5) is 4.39 Å². The molecular formula is C24H19ClFN3O3S. The van der Waals surface area contributed by atoms with E-state index in [0.717, 1.165) is 10.9 Å². The first-order chi connectivity index (χ1) is 15.8. The first kappa shape index (κ1) is 21.6. The predicted molar refractivity (Wildman–Crippen MR) is 126 cm³/mol. The summed E-state index contributed by atoms with van der Waals surface area (Å²) in [6.07, 6.45) is 0.403. The third kappa shape index (κ3) is 4.24. The van der Waals surface area contributed by atoms with Crippen molar-refractivity contribution in [2.24, 2.45) is 0 Å². The second kappa shape index (κ2) is 8.28. The molecule has 1 aliphatic heterocycles. The number of nitrogens with zero attached hydrogens (tertiary/aromatic N) is 2. The highest BCUT2D eigenvalue weighted by Crippen LogP contribution is 2.34. The molecule has 4 aromatic rings. The summed E-state index contributed by atoms with van der Waals surface area (Å²) in [5.41, 5.74) is 3.01. The topological polar surface area (TPSA) is 81.1 Å². The Morgan fingerprint density at radius 2 is 1.85 bits per heavy atom. The van der Waals surface area contributed by atoms with Crippen molar-refractivity contribution in [1.82, 2.24) is 15.1 Å². The first-order valence-electron chi connectivity index (χ1n) is 10.4. The Bertz CT molecular complexity index is 1480. The summed E-state index contributed by atoms with van der Waals surface area (Å²) in [6.45, 7) is 0. The van der Waals surface area contributed by atoms with Crippen LogP contribution in [0.15, 0.2) is 66.7 Å². The van der Waals surface area contributed by atoms with Crippen molar-refractivity contribution in [3.63, 3.8) is 0 Å². The van der Waals surface area contributed by atoms with E-state index in [-0.39, 0.29) is 23.2 Å². The molecule has 0 radical (unpaired) electrons. The lowest BCUT2D eigenvalue weighted by molar-refractivity contribution is 0.0941. The van der Waals surface area contributed by atoms with Crippen molar-refractivity contribution in [2.45, 2.75) is 12.5 Å². The monoisotopic (exact) mass is 483 g/mol. The molecule has 0 aliphatic carbocycles. The molecule has 33 heavy (non-hydrogen) atoms. The van der Waals surface area contributed by atoms with Crippen LogP contribution in [-0.2, 0) is 9.84 Å². The van der Waals surface area contributed by atoms with Gasteiger partial charge in [0.1, 0.15) is 11.5 Å². The van der Waals surface area contributed by atoms with Crippen molar-refractivity contribution in [3.8, 4) is 16.9 Å². The van der Waals surface area contributed by atoms with Gasteiger partial charge in [0.25, 0.3) is 5.91 Å². The quantitative estimate of drug-likeness (QED) is 0.466. The molecule has 168 valence electrons. The molecular weight excluding hydrogens is 465 g/mol. The number of nitrogens with one attached hydrogen (secondary N) is 1. The minimum Gasteiger partial charge on any atom is -0.348 e. The number of sulfone groups is 1. The van der Waals surface area contributed by atoms with E-state index in [2.05, 4.69) is 5.32 Å². The highest BCUT2D eigenvalue weighted by atomic mass is 35.5. The van der Waals surface area contributed by atoms with Gasteiger partial charge < -0.3 is 5.32 Å². The fourth-order valence-corrected chi connectivity index (χ4v) is 5.96. The molecule has 1 atom stereocenters. The van der Waals surface area contributed by atoms with Gasteiger partial charge in [0, 0.05) is 22.6 Å². The maximum Gasteiger partial charge on any atom is 0.251 e. The number of amides is 1. The molecule has 1 unspecified atom stereocenters. The Labute approximate surface area is 194 Å². The molecule has 1 aliphatic rings. The van der Waals surface area contributed by atoms with Gasteiger partial charge in [-0.1, -0.05) is 29.8 Å². The highest BCUT2D eigenvalue weighted by molar-refractivity contribution is 7.91. The summed E-state index contributed by atoms with van der Waals surface area (Å²) in [7, 11) is -3.11. The summed E-state index contributed by atoms with van der Waals surface area (Å²) in [5, 5.41) is 8.86. The van der Waals surface area contributed by atoms with Crippen molar-refractivity contribution >= 4 is 38.2 Å². The molecule has 3 aromatic carbocycles. The number of aromatic nitrogens is 2. The zero-order chi connectivity index (χ0) is 23.2. The van der Waals surface area contributed by atoms with Crippen molar-refractivity contribution in [2.75, 3.05) is 11.5 Å². The summed E-state index contributed by atoms with van der Waals surface area (Å²) in [4.78, 5) is 12.9. The lowest BCUT2D eigenvalue weighted by Gasteiger charge is -2.11. The van der Waals surface area contributed by atoms with Crippen LogP contribution in [0.1, 0.15) is 16.8 Å². The van der Waals surface area contributed by atoms with Gasteiger partial charge in [-0.2, -0.15) is 5.10 Å². The Balaban J connectivity index is 1.60. The number of fused-ring (bicyclic) bond motifs is 1. The second-order valence-corrected chi connectivity index (χ2v) is 10.7. The van der Waals surface area contributed by atoms with E-state index >= 15 is 0 Å². The Hall–Kier alpha value is -3.23. The van der Waals surface area contributed by atoms with E-state index in [0.29, 0.717) is 33.9 Å². The van der Waals surface area contributed by atoms with Gasteiger partial charge in [-0.05, 0) is 55.0 Å². The van der Waals surface area contributed by atoms with Crippen molar-refractivity contribution in [3.05, 3.63) is 83.1 Å². The van der Waals surface area contributed by atoms with E-state index in [4.69, 9.17) is 16.7 Å². The number of carbonyl (C=O) groups excluding carboxylic acids is 1. The van der Waals surface area contributed by atoms with Crippen molar-refractivity contribution in [1.29, 1.82) is 0 Å². The second-order valence-electron chi connectivity index (χ2n) is 8.02. The van der Waals surface area contributed by atoms with Crippen LogP contribution in [0.2, 0.25) is 5.02 Å². The number of rotatable bonds is 4. The molecule has 6 nitrogen and oxygen atoms in total. The third-order valence-corrected chi connectivity index (χ3v) is 7.81. The van der Waals surface area contributed by atoms with E-state index < -0.39 is 15.9 Å².